The predicted octanol–water partition coefficient (Wildman–Crippen LogP) is 6.04. The van der Waals surface area contributed by atoms with Crippen LogP contribution >= 0.6 is 0 Å². The second kappa shape index (κ2) is 11.5. The van der Waals surface area contributed by atoms with Gasteiger partial charge in [-0.25, -0.2) is 0 Å². The molecule has 0 aliphatic heterocycles. The fourth-order valence-corrected chi connectivity index (χ4v) is 1.07. The zero-order chi connectivity index (χ0) is 14.5. The summed E-state index contributed by atoms with van der Waals surface area (Å²) in [5, 5.41) is 0. The Bertz CT molecular complexity index is 349. The van der Waals surface area contributed by atoms with Gasteiger partial charge in [0.05, 0.1) is 0 Å². The van der Waals surface area contributed by atoms with Gasteiger partial charge in [0.2, 0.25) is 0 Å². The van der Waals surface area contributed by atoms with Gasteiger partial charge in [-0.1, -0.05) is 99.0 Å². The molecule has 0 nitrogen and oxygen atoms in total. The van der Waals surface area contributed by atoms with Crippen LogP contribution in [0.1, 0.15) is 38.3 Å². The molecule has 0 aliphatic rings. The molecule has 0 aliphatic carbocycles. The maximum atomic E-state index is 2.22. The van der Waals surface area contributed by atoms with Crippen LogP contribution in [0.2, 0.25) is 0 Å². The highest BCUT2D eigenvalue weighted by molar-refractivity contribution is 5.12. The molecule has 2 aromatic carbocycles. The van der Waals surface area contributed by atoms with E-state index in [1.54, 1.807) is 0 Å². The van der Waals surface area contributed by atoms with E-state index in [4.69, 9.17) is 0 Å². The van der Waals surface area contributed by atoms with E-state index in [2.05, 4.69) is 58.9 Å². The Kier molecular flexibility index (Phi) is 10.6. The molecule has 0 N–H and O–H groups in total. The van der Waals surface area contributed by atoms with Crippen LogP contribution in [-0.4, -0.2) is 0 Å². The number of hydrogen-bond donors (Lipinski definition) is 0. The Balaban J connectivity index is 0.000000261. The summed E-state index contributed by atoms with van der Waals surface area (Å²) in [4.78, 5) is 0. The van der Waals surface area contributed by atoms with Crippen LogP contribution in [-0.2, 0) is 0 Å². The molecule has 0 heteroatoms. The monoisotopic (exact) mass is 256 g/mol. The molecule has 0 fully saturated rings. The summed E-state index contributed by atoms with van der Waals surface area (Å²) in [6.45, 7) is 10.8. The van der Waals surface area contributed by atoms with Crippen molar-refractivity contribution in [2.24, 2.45) is 5.92 Å². The molecular weight excluding hydrogens is 228 g/mol. The number of aryl methyl sites for hydroxylation is 2. The molecule has 0 radical (unpaired) electrons. The lowest BCUT2D eigenvalue weighted by molar-refractivity contribution is 0.626. The Labute approximate surface area is 119 Å². The molecule has 19 heavy (non-hydrogen) atoms. The van der Waals surface area contributed by atoms with Gasteiger partial charge in [-0.2, -0.15) is 0 Å². The van der Waals surface area contributed by atoms with E-state index in [9.17, 15) is 0 Å². The smallest absolute Gasteiger partial charge is 0.0398 e. The molecule has 0 unspecified atom stereocenters. The highest BCUT2D eigenvalue weighted by atomic mass is 13.9. The quantitative estimate of drug-likeness (QED) is 0.583. The van der Waals surface area contributed by atoms with Crippen molar-refractivity contribution in [1.82, 2.24) is 0 Å². The van der Waals surface area contributed by atoms with Crippen LogP contribution in [0, 0.1) is 19.8 Å². The van der Waals surface area contributed by atoms with E-state index >= 15 is 0 Å². The Morgan fingerprint density at radius 2 is 0.947 bits per heavy atom. The maximum Gasteiger partial charge on any atom is -0.0398 e. The van der Waals surface area contributed by atoms with Gasteiger partial charge in [0.15, 0.2) is 0 Å². The lowest BCUT2D eigenvalue weighted by Gasteiger charge is -1.90. The Hall–Kier alpha value is -1.56. The predicted molar refractivity (Wildman–Crippen MR) is 87.5 cm³/mol. The van der Waals surface area contributed by atoms with E-state index < -0.39 is 0 Å². The first-order chi connectivity index (χ1) is 9.06. The number of rotatable bonds is 1. The normalized spacial score (nSPS) is 8.95. The molecule has 104 valence electrons. The zero-order valence-electron chi connectivity index (χ0n) is 13.1. The summed E-state index contributed by atoms with van der Waals surface area (Å²) < 4.78 is 0. The average Bonchev–Trinajstić information content (AvgIpc) is 2.42. The van der Waals surface area contributed by atoms with Crippen LogP contribution in [0.15, 0.2) is 60.7 Å². The first-order valence-electron chi connectivity index (χ1n) is 7.09. The van der Waals surface area contributed by atoms with E-state index in [0.29, 0.717) is 0 Å². The van der Waals surface area contributed by atoms with E-state index in [1.807, 2.05) is 36.4 Å². The SMILES string of the molecule is CCC(C)C.Cc1ccccc1.Cc1ccccc1. The number of hydrogen-bond acceptors (Lipinski definition) is 0. The highest BCUT2D eigenvalue weighted by Gasteiger charge is 1.80. The standard InChI is InChI=1S/2C7H8.C5H12/c2*1-7-5-3-2-4-6-7;1-4-5(2)3/h2*2-6H,1H3;5H,4H2,1-3H3. The summed E-state index contributed by atoms with van der Waals surface area (Å²) in [6, 6.07) is 20.5. The molecule has 0 saturated carbocycles. The fourth-order valence-electron chi connectivity index (χ4n) is 1.07. The lowest BCUT2D eigenvalue weighted by Crippen LogP contribution is -1.77. The third-order valence-corrected chi connectivity index (χ3v) is 2.70. The first kappa shape index (κ1) is 17.4. The highest BCUT2D eigenvalue weighted by Crippen LogP contribution is 1.94. The van der Waals surface area contributed by atoms with Crippen molar-refractivity contribution in [2.75, 3.05) is 0 Å². The second-order valence-electron chi connectivity index (χ2n) is 5.11. The third-order valence-electron chi connectivity index (χ3n) is 2.70. The maximum absolute atomic E-state index is 2.22. The topological polar surface area (TPSA) is 0 Å². The van der Waals surface area contributed by atoms with Gasteiger partial charge in [0, 0.05) is 0 Å². The van der Waals surface area contributed by atoms with E-state index in [-0.39, 0.29) is 0 Å². The lowest BCUT2D eigenvalue weighted by atomic mass is 10.2. The molecule has 0 heterocycles. The van der Waals surface area contributed by atoms with Crippen molar-refractivity contribution in [3.63, 3.8) is 0 Å². The van der Waals surface area contributed by atoms with Gasteiger partial charge in [-0.3, -0.25) is 0 Å². The summed E-state index contributed by atoms with van der Waals surface area (Å²) in [7, 11) is 0. The van der Waals surface area contributed by atoms with Crippen molar-refractivity contribution < 1.29 is 0 Å². The summed E-state index contributed by atoms with van der Waals surface area (Å²) in [5.41, 5.74) is 2.64. The molecule has 0 saturated heterocycles. The summed E-state index contributed by atoms with van der Waals surface area (Å²) in [5.74, 6) is 0.884. The van der Waals surface area contributed by atoms with Crippen LogP contribution in [0.4, 0.5) is 0 Å². The van der Waals surface area contributed by atoms with Gasteiger partial charge in [-0.05, 0) is 19.8 Å². The largest absolute Gasteiger partial charge is 0.0651 e. The summed E-state index contributed by atoms with van der Waals surface area (Å²) >= 11 is 0. The van der Waals surface area contributed by atoms with Crippen molar-refractivity contribution in [1.29, 1.82) is 0 Å². The van der Waals surface area contributed by atoms with Crippen molar-refractivity contribution in [3.8, 4) is 0 Å². The average molecular weight is 256 g/mol. The minimum absolute atomic E-state index is 0.884. The van der Waals surface area contributed by atoms with Crippen LogP contribution in [0.5, 0.6) is 0 Å². The van der Waals surface area contributed by atoms with Gasteiger partial charge in [0.25, 0.3) is 0 Å². The third kappa shape index (κ3) is 12.7. The van der Waals surface area contributed by atoms with E-state index in [1.165, 1.54) is 17.5 Å². The van der Waals surface area contributed by atoms with Gasteiger partial charge in [-0.15, -0.1) is 0 Å². The van der Waals surface area contributed by atoms with Crippen molar-refractivity contribution >= 4 is 0 Å². The van der Waals surface area contributed by atoms with Gasteiger partial charge in [0.1, 0.15) is 0 Å². The molecule has 2 rings (SSSR count). The molecule has 2 aromatic rings. The van der Waals surface area contributed by atoms with E-state index in [0.717, 1.165) is 5.92 Å². The van der Waals surface area contributed by atoms with Crippen LogP contribution in [0.3, 0.4) is 0 Å². The minimum atomic E-state index is 0.884. The molecule has 0 spiro atoms. The molecule has 0 atom stereocenters. The van der Waals surface area contributed by atoms with Gasteiger partial charge >= 0.3 is 0 Å². The molecule has 0 amide bonds. The molecule has 0 aromatic heterocycles. The first-order valence-corrected chi connectivity index (χ1v) is 7.09. The zero-order valence-corrected chi connectivity index (χ0v) is 13.1. The van der Waals surface area contributed by atoms with Crippen molar-refractivity contribution in [2.45, 2.75) is 41.0 Å². The molecule has 0 bridgehead atoms. The summed E-state index contributed by atoms with van der Waals surface area (Å²) in [6.07, 6.45) is 1.31. The number of benzene rings is 2. The fraction of sp³-hybridized carbons (Fsp3) is 0.368. The molecular formula is C19H28. The van der Waals surface area contributed by atoms with Crippen LogP contribution in [0.25, 0.3) is 0 Å². The van der Waals surface area contributed by atoms with Crippen molar-refractivity contribution in [3.05, 3.63) is 71.8 Å². The Morgan fingerprint density at radius 3 is 1.05 bits per heavy atom. The minimum Gasteiger partial charge on any atom is -0.0651 e. The van der Waals surface area contributed by atoms with Gasteiger partial charge < -0.3 is 0 Å². The van der Waals surface area contributed by atoms with Crippen LogP contribution < -0.4 is 0 Å². The Morgan fingerprint density at radius 1 is 0.684 bits per heavy atom. The second-order valence-corrected chi connectivity index (χ2v) is 5.11.